The van der Waals surface area contributed by atoms with E-state index in [1.54, 1.807) is 20.8 Å². The van der Waals surface area contributed by atoms with Gasteiger partial charge in [-0.25, -0.2) is 0 Å². The molecule has 3 saturated heterocycles. The normalized spacial score (nSPS) is 31.1. The summed E-state index contributed by atoms with van der Waals surface area (Å²) in [5, 5.41) is 8.60. The van der Waals surface area contributed by atoms with Gasteiger partial charge >= 0.3 is 23.9 Å². The molecule has 70 heavy (non-hydrogen) atoms. The summed E-state index contributed by atoms with van der Waals surface area (Å²) in [6.07, 6.45) is -19.4. The van der Waals surface area contributed by atoms with Crippen molar-refractivity contribution < 1.29 is 80.8 Å². The van der Waals surface area contributed by atoms with Crippen molar-refractivity contribution in [3.63, 3.8) is 0 Å². The summed E-state index contributed by atoms with van der Waals surface area (Å²) in [6.45, 7) is 9.66. The topological polar surface area (TPSA) is 212 Å². The van der Waals surface area contributed by atoms with Gasteiger partial charge in [0.25, 0.3) is 3.79 Å². The minimum absolute atomic E-state index is 0.0104. The quantitative estimate of drug-likeness (QED) is 0.0454. The lowest BCUT2D eigenvalue weighted by atomic mass is 9.95. The van der Waals surface area contributed by atoms with Crippen LogP contribution in [0.2, 0.25) is 0 Å². The number of halogens is 3. The van der Waals surface area contributed by atoms with Crippen LogP contribution >= 0.6 is 34.8 Å². The Kier molecular flexibility index (Phi) is 19.8. The molecule has 21 heteroatoms. The number of hydrogen-bond donors (Lipinski definition) is 1. The fraction of sp³-hybridized carbons (Fsp3) is 0.531. The molecule has 382 valence electrons. The predicted molar refractivity (Wildman–Crippen MR) is 249 cm³/mol. The zero-order valence-corrected chi connectivity index (χ0v) is 41.8. The molecular formula is C49H58Cl3NO17. The number of ether oxygens (including phenoxy) is 13. The molecule has 0 spiro atoms. The third-order valence-electron chi connectivity index (χ3n) is 11.3. The molecule has 15 atom stereocenters. The van der Waals surface area contributed by atoms with Gasteiger partial charge in [-0.2, -0.15) is 0 Å². The molecule has 3 aliphatic heterocycles. The van der Waals surface area contributed by atoms with Gasteiger partial charge in [-0.05, 0) is 37.5 Å². The van der Waals surface area contributed by atoms with Gasteiger partial charge in [-0.1, -0.05) is 126 Å². The Morgan fingerprint density at radius 2 is 0.771 bits per heavy atom. The second-order valence-corrected chi connectivity index (χ2v) is 19.1. The molecule has 0 aromatic heterocycles. The van der Waals surface area contributed by atoms with Crippen molar-refractivity contribution in [1.29, 1.82) is 5.41 Å². The molecule has 0 radical (unpaired) electrons. The van der Waals surface area contributed by atoms with Crippen LogP contribution in [0.3, 0.4) is 0 Å². The highest BCUT2D eigenvalue weighted by Crippen LogP contribution is 2.39. The smallest absolute Gasteiger partial charge is 0.303 e. The third kappa shape index (κ3) is 15.1. The van der Waals surface area contributed by atoms with Crippen molar-refractivity contribution in [2.75, 3.05) is 0 Å². The monoisotopic (exact) mass is 1040 g/mol. The first-order chi connectivity index (χ1) is 33.3. The number of hydrogen-bond acceptors (Lipinski definition) is 18. The first-order valence-corrected chi connectivity index (χ1v) is 23.7. The van der Waals surface area contributed by atoms with E-state index < -0.39 is 126 Å². The van der Waals surface area contributed by atoms with Gasteiger partial charge in [0, 0.05) is 27.7 Å². The summed E-state index contributed by atoms with van der Waals surface area (Å²) in [7, 11) is 0. The fourth-order valence-corrected chi connectivity index (χ4v) is 8.42. The van der Waals surface area contributed by atoms with Gasteiger partial charge in [-0.15, -0.1) is 0 Å². The summed E-state index contributed by atoms with van der Waals surface area (Å²) in [4.78, 5) is 51.0. The zero-order chi connectivity index (χ0) is 50.7. The molecule has 3 aliphatic rings. The Morgan fingerprint density at radius 3 is 1.19 bits per heavy atom. The van der Waals surface area contributed by atoms with E-state index in [4.69, 9.17) is 102 Å². The number of alkyl halides is 3. The number of carbonyl (C=O) groups excluding carboxylic acids is 4. The van der Waals surface area contributed by atoms with Crippen LogP contribution in [-0.2, 0) is 101 Å². The second kappa shape index (κ2) is 25.3. The molecule has 0 aliphatic carbocycles. The van der Waals surface area contributed by atoms with Crippen molar-refractivity contribution in [3.05, 3.63) is 108 Å². The highest BCUT2D eigenvalue weighted by atomic mass is 35.6. The molecule has 0 saturated carbocycles. The first-order valence-electron chi connectivity index (χ1n) is 22.5. The molecule has 18 nitrogen and oxygen atoms in total. The number of nitrogens with one attached hydrogen (secondary N) is 1. The van der Waals surface area contributed by atoms with E-state index in [9.17, 15) is 19.2 Å². The molecule has 6 rings (SSSR count). The van der Waals surface area contributed by atoms with Crippen LogP contribution in [0.1, 0.15) is 65.2 Å². The van der Waals surface area contributed by atoms with Crippen molar-refractivity contribution in [3.8, 4) is 0 Å². The number of esters is 4. The summed E-state index contributed by atoms with van der Waals surface area (Å²) in [5.41, 5.74) is 2.39. The van der Waals surface area contributed by atoms with Gasteiger partial charge in [0.05, 0.1) is 38.1 Å². The Morgan fingerprint density at radius 1 is 0.443 bits per heavy atom. The maximum absolute atomic E-state index is 13.3. The molecule has 3 heterocycles. The minimum atomic E-state index is -2.34. The molecule has 1 N–H and O–H groups in total. The predicted octanol–water partition coefficient (Wildman–Crippen LogP) is 6.84. The van der Waals surface area contributed by atoms with Crippen LogP contribution in [0.5, 0.6) is 0 Å². The average Bonchev–Trinajstić information content (AvgIpc) is 3.29. The van der Waals surface area contributed by atoms with E-state index in [0.29, 0.717) is 0 Å². The van der Waals surface area contributed by atoms with Crippen LogP contribution in [0.4, 0.5) is 0 Å². The van der Waals surface area contributed by atoms with Crippen molar-refractivity contribution in [2.45, 2.75) is 164 Å². The minimum Gasteiger partial charge on any atom is -0.456 e. The Bertz CT molecular complexity index is 2190. The van der Waals surface area contributed by atoms with Crippen molar-refractivity contribution in [2.24, 2.45) is 0 Å². The largest absolute Gasteiger partial charge is 0.456 e. The van der Waals surface area contributed by atoms with Gasteiger partial charge in [0.1, 0.15) is 24.4 Å². The average molecular weight is 1040 g/mol. The standard InChI is InChI=1S/C49H58Cl3NO17/c1-26-36(58-23-33-17-11-8-12-18-33)39(60-25-35-21-15-10-16-22-35)42(47(62-26)70-48(53)49(50,51)52)69-46-43(66-31(6)56)40(37(27(2)61-46)59-24-34-19-13-9-14-20-34)68-45-44(67-32(7)57)41(65-30(5)55)38(28(3)63-45)64-29(4)54/h8-22,26-28,36-47,53H,23-25H2,1-7H3/t26-,27-,28-,36-,37-,38-,39+,40+,41+,42+,43+,44+,45-,46-,47-/m0/s1. The van der Waals surface area contributed by atoms with Crippen molar-refractivity contribution >= 4 is 64.6 Å². The number of rotatable bonds is 18. The van der Waals surface area contributed by atoms with E-state index in [1.165, 1.54) is 0 Å². The van der Waals surface area contributed by atoms with E-state index in [0.717, 1.165) is 44.4 Å². The highest BCUT2D eigenvalue weighted by Gasteiger charge is 2.58. The summed E-state index contributed by atoms with van der Waals surface area (Å²) < 4.78 is 79.3. The van der Waals surface area contributed by atoms with Crippen LogP contribution in [0, 0.1) is 5.41 Å². The van der Waals surface area contributed by atoms with Gasteiger partial charge in [0.15, 0.2) is 43.1 Å². The van der Waals surface area contributed by atoms with Crippen LogP contribution in [0.15, 0.2) is 91.0 Å². The Hall–Kier alpha value is -4.44. The molecule has 3 fully saturated rings. The lowest BCUT2D eigenvalue weighted by Crippen LogP contribution is -2.67. The SMILES string of the molecule is CC(=O)O[C@@H]1[C@@H](OC(C)=O)[C@H](C)O[C@@H](O[C@@H]2[C@@H](OCc3ccccc3)[C@H](C)O[C@@H](O[C@H]3[C@H](OC(=N)C(Cl)(Cl)Cl)O[C@@H](C)[C@H](OCc4ccccc4)[C@H]3OCc3ccccc3)[C@@H]2OC(C)=O)[C@@H]1OC(C)=O. The van der Waals surface area contributed by atoms with Crippen LogP contribution in [-0.4, -0.2) is 126 Å². The van der Waals surface area contributed by atoms with Crippen molar-refractivity contribution in [1.82, 2.24) is 0 Å². The Balaban J connectivity index is 1.44. The van der Waals surface area contributed by atoms with E-state index in [-0.39, 0.29) is 19.8 Å². The first kappa shape index (κ1) is 54.9. The molecular weight excluding hydrogens is 981 g/mol. The van der Waals surface area contributed by atoms with Gasteiger partial charge in [-0.3, -0.25) is 24.6 Å². The molecule has 0 unspecified atom stereocenters. The fourth-order valence-electron chi connectivity index (χ4n) is 8.29. The molecule has 0 amide bonds. The summed E-state index contributed by atoms with van der Waals surface area (Å²) >= 11 is 18.5. The van der Waals surface area contributed by atoms with Crippen LogP contribution in [0.25, 0.3) is 0 Å². The molecule has 3 aromatic carbocycles. The van der Waals surface area contributed by atoms with Gasteiger partial charge in [0.2, 0.25) is 12.2 Å². The Labute approximate surface area is 421 Å². The molecule has 3 aromatic rings. The highest BCUT2D eigenvalue weighted by molar-refractivity contribution is 6.76. The van der Waals surface area contributed by atoms with E-state index in [2.05, 4.69) is 0 Å². The third-order valence-corrected chi connectivity index (χ3v) is 11.8. The number of carbonyl (C=O) groups is 4. The maximum Gasteiger partial charge on any atom is 0.303 e. The zero-order valence-electron chi connectivity index (χ0n) is 39.5. The van der Waals surface area contributed by atoms with Crippen LogP contribution < -0.4 is 0 Å². The lowest BCUT2D eigenvalue weighted by molar-refractivity contribution is -0.383. The lowest BCUT2D eigenvalue weighted by Gasteiger charge is -2.50. The number of benzene rings is 3. The van der Waals surface area contributed by atoms with E-state index in [1.807, 2.05) is 91.0 Å². The maximum atomic E-state index is 13.3. The second-order valence-electron chi connectivity index (χ2n) is 16.9. The molecule has 0 bridgehead atoms. The van der Waals surface area contributed by atoms with E-state index >= 15 is 0 Å². The summed E-state index contributed by atoms with van der Waals surface area (Å²) in [6, 6.07) is 27.9. The van der Waals surface area contributed by atoms with Gasteiger partial charge < -0.3 is 61.6 Å². The summed E-state index contributed by atoms with van der Waals surface area (Å²) in [5.74, 6) is -3.97.